The lowest BCUT2D eigenvalue weighted by atomic mass is 9.95. The number of hydrogen-bond acceptors (Lipinski definition) is 2. The number of hydrogen-bond donors (Lipinski definition) is 2. The molecule has 0 saturated heterocycles. The zero-order chi connectivity index (χ0) is 13.6. The van der Waals surface area contributed by atoms with Gasteiger partial charge in [-0.15, -0.1) is 0 Å². The van der Waals surface area contributed by atoms with E-state index in [1.54, 1.807) is 7.05 Å². The van der Waals surface area contributed by atoms with Crippen LogP contribution in [-0.2, 0) is 11.2 Å². The topological polar surface area (TPSA) is 41.1 Å². The van der Waals surface area contributed by atoms with Crippen molar-refractivity contribution in [1.82, 2.24) is 10.6 Å². The zero-order valence-electron chi connectivity index (χ0n) is 11.2. The van der Waals surface area contributed by atoms with Gasteiger partial charge in [-0.3, -0.25) is 4.79 Å². The molecule has 1 rings (SSSR count). The van der Waals surface area contributed by atoms with Crippen LogP contribution in [-0.4, -0.2) is 25.0 Å². The van der Waals surface area contributed by atoms with Crippen LogP contribution < -0.4 is 10.6 Å². The molecule has 0 heterocycles. The average molecular weight is 269 g/mol. The number of nitrogens with one attached hydrogen (secondary N) is 2. The minimum absolute atomic E-state index is 0.0265. The van der Waals surface area contributed by atoms with Gasteiger partial charge in [-0.1, -0.05) is 23.7 Å². The van der Waals surface area contributed by atoms with Gasteiger partial charge in [0.15, 0.2) is 0 Å². The molecular formula is C14H21ClN2O. The molecule has 4 heteroatoms. The van der Waals surface area contributed by atoms with E-state index in [0.29, 0.717) is 6.54 Å². The second-order valence-electron chi connectivity index (χ2n) is 5.09. The van der Waals surface area contributed by atoms with E-state index in [1.807, 2.05) is 38.1 Å². The fraction of sp³-hybridized carbons (Fsp3) is 0.500. The van der Waals surface area contributed by atoms with Crippen LogP contribution in [0.15, 0.2) is 24.3 Å². The summed E-state index contributed by atoms with van der Waals surface area (Å²) in [6, 6.07) is 7.83. The molecule has 3 nitrogen and oxygen atoms in total. The first-order chi connectivity index (χ1) is 8.43. The zero-order valence-corrected chi connectivity index (χ0v) is 12.0. The van der Waals surface area contributed by atoms with Crippen LogP contribution in [0, 0.1) is 0 Å². The highest BCUT2D eigenvalue weighted by molar-refractivity contribution is 6.30. The number of halogens is 1. The summed E-state index contributed by atoms with van der Waals surface area (Å²) in [6.45, 7) is 4.43. The summed E-state index contributed by atoms with van der Waals surface area (Å²) in [5.74, 6) is 0.0265. The maximum absolute atomic E-state index is 11.5. The number of likely N-dealkylation sites (N-methyl/N-ethyl adjacent to an activating group) is 1. The third-order valence-corrected chi connectivity index (χ3v) is 3.02. The van der Waals surface area contributed by atoms with E-state index in [4.69, 9.17) is 11.6 Å². The highest BCUT2D eigenvalue weighted by Gasteiger charge is 2.19. The Kier molecular flexibility index (Phi) is 5.63. The number of carbonyl (C=O) groups excluding carboxylic acids is 1. The van der Waals surface area contributed by atoms with Crippen LogP contribution in [0.3, 0.4) is 0 Å². The normalized spacial score (nSPS) is 11.3. The van der Waals surface area contributed by atoms with Gasteiger partial charge < -0.3 is 10.6 Å². The third kappa shape index (κ3) is 5.52. The maximum atomic E-state index is 11.5. The lowest BCUT2D eigenvalue weighted by Crippen LogP contribution is -2.46. The first-order valence-electron chi connectivity index (χ1n) is 6.13. The molecule has 0 aliphatic heterocycles. The van der Waals surface area contributed by atoms with Crippen molar-refractivity contribution in [3.8, 4) is 0 Å². The highest BCUT2D eigenvalue weighted by atomic mass is 35.5. The maximum Gasteiger partial charge on any atom is 0.234 e. The molecule has 100 valence electrons. The Bertz CT molecular complexity index is 387. The Hall–Kier alpha value is -1.06. The van der Waals surface area contributed by atoms with Gasteiger partial charge in [0.05, 0.1) is 6.54 Å². The molecular weight excluding hydrogens is 248 g/mol. The van der Waals surface area contributed by atoms with Crippen LogP contribution in [0.4, 0.5) is 0 Å². The van der Waals surface area contributed by atoms with Gasteiger partial charge in [0.25, 0.3) is 0 Å². The van der Waals surface area contributed by atoms with E-state index in [1.165, 1.54) is 5.56 Å². The monoisotopic (exact) mass is 268 g/mol. The van der Waals surface area contributed by atoms with E-state index >= 15 is 0 Å². The van der Waals surface area contributed by atoms with Gasteiger partial charge in [-0.2, -0.15) is 0 Å². The van der Waals surface area contributed by atoms with Crippen molar-refractivity contribution in [3.05, 3.63) is 34.9 Å². The van der Waals surface area contributed by atoms with E-state index in [9.17, 15) is 4.79 Å². The lowest BCUT2D eigenvalue weighted by molar-refractivity contribution is -0.121. The standard InChI is InChI=1S/C14H21ClN2O/c1-14(2,17-13(18)10-16-3)9-8-11-4-6-12(15)7-5-11/h4-7,16H,8-10H2,1-3H3,(H,17,18). The van der Waals surface area contributed by atoms with Gasteiger partial charge in [-0.25, -0.2) is 0 Å². The summed E-state index contributed by atoms with van der Waals surface area (Å²) in [6.07, 6.45) is 1.81. The van der Waals surface area contributed by atoms with Crippen LogP contribution in [0.5, 0.6) is 0 Å². The fourth-order valence-electron chi connectivity index (χ4n) is 1.75. The van der Waals surface area contributed by atoms with E-state index in [0.717, 1.165) is 17.9 Å². The lowest BCUT2D eigenvalue weighted by Gasteiger charge is -2.26. The Morgan fingerprint density at radius 2 is 1.89 bits per heavy atom. The smallest absolute Gasteiger partial charge is 0.234 e. The first-order valence-corrected chi connectivity index (χ1v) is 6.51. The van der Waals surface area contributed by atoms with E-state index in [2.05, 4.69) is 10.6 Å². The summed E-state index contributed by atoms with van der Waals surface area (Å²) in [5.41, 5.74) is 1.03. The molecule has 1 aromatic rings. The minimum Gasteiger partial charge on any atom is -0.350 e. The Morgan fingerprint density at radius 1 is 1.28 bits per heavy atom. The first kappa shape index (κ1) is 15.0. The van der Waals surface area contributed by atoms with Crippen molar-refractivity contribution in [2.75, 3.05) is 13.6 Å². The summed E-state index contributed by atoms with van der Waals surface area (Å²) < 4.78 is 0. The Morgan fingerprint density at radius 3 is 2.44 bits per heavy atom. The number of benzene rings is 1. The molecule has 0 atom stereocenters. The molecule has 0 aliphatic carbocycles. The van der Waals surface area contributed by atoms with Gasteiger partial charge in [0.1, 0.15) is 0 Å². The molecule has 0 radical (unpaired) electrons. The van der Waals surface area contributed by atoms with Crippen molar-refractivity contribution in [1.29, 1.82) is 0 Å². The van der Waals surface area contributed by atoms with Crippen molar-refractivity contribution < 1.29 is 4.79 Å². The summed E-state index contributed by atoms with van der Waals surface area (Å²) >= 11 is 5.84. The minimum atomic E-state index is -0.201. The van der Waals surface area contributed by atoms with Crippen molar-refractivity contribution in [2.24, 2.45) is 0 Å². The second-order valence-corrected chi connectivity index (χ2v) is 5.53. The highest BCUT2D eigenvalue weighted by Crippen LogP contribution is 2.15. The van der Waals surface area contributed by atoms with Crippen molar-refractivity contribution >= 4 is 17.5 Å². The SMILES string of the molecule is CNCC(=O)NC(C)(C)CCc1ccc(Cl)cc1. The Labute approximate surface area is 114 Å². The molecule has 0 aliphatic rings. The Balaban J connectivity index is 2.45. The number of aryl methyl sites for hydroxylation is 1. The molecule has 2 N–H and O–H groups in total. The van der Waals surface area contributed by atoms with Gasteiger partial charge >= 0.3 is 0 Å². The quantitative estimate of drug-likeness (QED) is 0.832. The number of carbonyl (C=O) groups is 1. The fourth-order valence-corrected chi connectivity index (χ4v) is 1.88. The molecule has 0 spiro atoms. The largest absolute Gasteiger partial charge is 0.350 e. The molecule has 0 saturated carbocycles. The predicted molar refractivity (Wildman–Crippen MR) is 75.9 cm³/mol. The number of rotatable bonds is 6. The predicted octanol–water partition coefficient (Wildman–Crippen LogP) is 2.39. The molecule has 0 fully saturated rings. The van der Waals surface area contributed by atoms with Gasteiger partial charge in [-0.05, 0) is 51.4 Å². The summed E-state index contributed by atoms with van der Waals surface area (Å²) in [5, 5.41) is 6.60. The summed E-state index contributed by atoms with van der Waals surface area (Å²) in [4.78, 5) is 11.5. The third-order valence-electron chi connectivity index (χ3n) is 2.77. The number of amides is 1. The van der Waals surface area contributed by atoms with Crippen LogP contribution in [0.1, 0.15) is 25.8 Å². The molecule has 0 unspecified atom stereocenters. The van der Waals surface area contributed by atoms with Gasteiger partial charge in [0.2, 0.25) is 5.91 Å². The van der Waals surface area contributed by atoms with Crippen molar-refractivity contribution in [3.63, 3.8) is 0 Å². The van der Waals surface area contributed by atoms with E-state index < -0.39 is 0 Å². The van der Waals surface area contributed by atoms with E-state index in [-0.39, 0.29) is 11.4 Å². The van der Waals surface area contributed by atoms with Crippen LogP contribution in [0.2, 0.25) is 5.02 Å². The van der Waals surface area contributed by atoms with Crippen molar-refractivity contribution in [2.45, 2.75) is 32.2 Å². The average Bonchev–Trinajstić information content (AvgIpc) is 2.28. The summed E-state index contributed by atoms with van der Waals surface area (Å²) in [7, 11) is 1.76. The molecule has 1 aromatic carbocycles. The molecule has 0 aromatic heterocycles. The van der Waals surface area contributed by atoms with Crippen LogP contribution in [0.25, 0.3) is 0 Å². The molecule has 1 amide bonds. The van der Waals surface area contributed by atoms with Crippen LogP contribution >= 0.6 is 11.6 Å². The molecule has 18 heavy (non-hydrogen) atoms. The molecule has 0 bridgehead atoms. The second kappa shape index (κ2) is 6.76. The van der Waals surface area contributed by atoms with Gasteiger partial charge in [0, 0.05) is 10.6 Å².